The zero-order valence-electron chi connectivity index (χ0n) is 19.0. The van der Waals surface area contributed by atoms with Crippen LogP contribution in [0.15, 0.2) is 72.8 Å². The monoisotopic (exact) mass is 438 g/mol. The molecule has 1 N–H and O–H groups in total. The maximum atomic E-state index is 13.0. The Labute approximate surface area is 193 Å². The Balaban J connectivity index is 1.59. The van der Waals surface area contributed by atoms with Crippen LogP contribution in [-0.4, -0.2) is 23.5 Å². The molecule has 1 aromatic heterocycles. The first kappa shape index (κ1) is 22.2. The van der Waals surface area contributed by atoms with Gasteiger partial charge in [-0.2, -0.15) is 0 Å². The number of para-hydroxylation sites is 2. The molecular weight excluding hydrogens is 412 g/mol. The van der Waals surface area contributed by atoms with E-state index in [9.17, 15) is 9.59 Å². The van der Waals surface area contributed by atoms with Gasteiger partial charge in [0.2, 0.25) is 0 Å². The Morgan fingerprint density at radius 2 is 1.70 bits per heavy atom. The predicted molar refractivity (Wildman–Crippen MR) is 131 cm³/mol. The molecule has 166 valence electrons. The van der Waals surface area contributed by atoms with Crippen LogP contribution in [0.3, 0.4) is 0 Å². The number of nitrogens with one attached hydrogen (secondary N) is 1. The SMILES string of the molecule is CCc1ccccc1NC(=O)COC(=O)c1cc(-c2ccc(C)cc2C)nc2ccccc12. The molecule has 1 amide bonds. The number of hydrogen-bond acceptors (Lipinski definition) is 4. The lowest BCUT2D eigenvalue weighted by Crippen LogP contribution is -2.21. The summed E-state index contributed by atoms with van der Waals surface area (Å²) in [5.41, 5.74) is 6.72. The fraction of sp³-hybridized carbons (Fsp3) is 0.179. The number of aryl methyl sites for hydroxylation is 3. The standard InChI is InChI=1S/C28H26N2O3/c1-4-20-9-5-7-11-24(20)30-27(31)17-33-28(32)23-16-26(21-14-13-18(2)15-19(21)3)29-25-12-8-6-10-22(23)25/h5-16H,4,17H2,1-3H3,(H,30,31). The molecule has 33 heavy (non-hydrogen) atoms. The summed E-state index contributed by atoms with van der Waals surface area (Å²) in [7, 11) is 0. The summed E-state index contributed by atoms with van der Waals surface area (Å²) in [6.07, 6.45) is 0.792. The van der Waals surface area contributed by atoms with E-state index in [1.54, 1.807) is 6.07 Å². The number of fused-ring (bicyclic) bond motifs is 1. The van der Waals surface area contributed by atoms with Gasteiger partial charge in [0.05, 0.1) is 16.8 Å². The van der Waals surface area contributed by atoms with Gasteiger partial charge in [-0.25, -0.2) is 9.78 Å². The highest BCUT2D eigenvalue weighted by Gasteiger charge is 2.17. The van der Waals surface area contributed by atoms with Crippen molar-refractivity contribution in [1.29, 1.82) is 0 Å². The first-order valence-corrected chi connectivity index (χ1v) is 11.0. The first-order chi connectivity index (χ1) is 16.0. The zero-order valence-corrected chi connectivity index (χ0v) is 19.0. The van der Waals surface area contributed by atoms with Crippen molar-refractivity contribution in [3.63, 3.8) is 0 Å². The third-order valence-corrected chi connectivity index (χ3v) is 5.60. The third kappa shape index (κ3) is 4.93. The van der Waals surface area contributed by atoms with E-state index in [2.05, 4.69) is 11.4 Å². The number of ether oxygens (including phenoxy) is 1. The summed E-state index contributed by atoms with van der Waals surface area (Å²) in [5.74, 6) is -0.934. The van der Waals surface area contributed by atoms with Crippen LogP contribution in [-0.2, 0) is 16.0 Å². The van der Waals surface area contributed by atoms with Gasteiger partial charge >= 0.3 is 5.97 Å². The van der Waals surface area contributed by atoms with E-state index < -0.39 is 5.97 Å². The lowest BCUT2D eigenvalue weighted by molar-refractivity contribution is -0.119. The molecule has 1 heterocycles. The topological polar surface area (TPSA) is 68.3 Å². The fourth-order valence-electron chi connectivity index (χ4n) is 3.93. The number of amides is 1. The van der Waals surface area contributed by atoms with Crippen molar-refractivity contribution in [2.75, 3.05) is 11.9 Å². The van der Waals surface area contributed by atoms with E-state index in [4.69, 9.17) is 9.72 Å². The van der Waals surface area contributed by atoms with E-state index in [0.29, 0.717) is 22.2 Å². The number of aromatic nitrogens is 1. The Bertz CT molecular complexity index is 1340. The number of pyridine rings is 1. The summed E-state index contributed by atoms with van der Waals surface area (Å²) in [6, 6.07) is 22.9. The van der Waals surface area contributed by atoms with Crippen molar-refractivity contribution < 1.29 is 14.3 Å². The highest BCUT2D eigenvalue weighted by molar-refractivity contribution is 6.05. The molecule has 0 saturated carbocycles. The average Bonchev–Trinajstić information content (AvgIpc) is 2.82. The molecule has 4 rings (SSSR count). The smallest absolute Gasteiger partial charge is 0.339 e. The van der Waals surface area contributed by atoms with Crippen LogP contribution in [0.4, 0.5) is 5.69 Å². The molecular formula is C28H26N2O3. The van der Waals surface area contributed by atoms with Crippen molar-refractivity contribution in [2.45, 2.75) is 27.2 Å². The van der Waals surface area contributed by atoms with Gasteiger partial charge in [0.25, 0.3) is 5.91 Å². The number of nitrogens with zero attached hydrogens (tertiary/aromatic N) is 1. The number of hydrogen-bond donors (Lipinski definition) is 1. The van der Waals surface area contributed by atoms with Crippen LogP contribution in [0, 0.1) is 13.8 Å². The Morgan fingerprint density at radius 1 is 0.939 bits per heavy atom. The molecule has 0 fully saturated rings. The van der Waals surface area contributed by atoms with Crippen LogP contribution < -0.4 is 5.32 Å². The van der Waals surface area contributed by atoms with Crippen LogP contribution in [0.25, 0.3) is 22.2 Å². The highest BCUT2D eigenvalue weighted by atomic mass is 16.5. The van der Waals surface area contributed by atoms with Gasteiger partial charge in [0.1, 0.15) is 0 Å². The lowest BCUT2D eigenvalue weighted by atomic mass is 9.99. The van der Waals surface area contributed by atoms with Gasteiger partial charge in [0.15, 0.2) is 6.61 Å². The second kappa shape index (κ2) is 9.65. The molecule has 0 aliphatic carbocycles. The molecule has 0 radical (unpaired) electrons. The van der Waals surface area contributed by atoms with E-state index in [1.807, 2.05) is 81.4 Å². The molecule has 0 unspecified atom stereocenters. The zero-order chi connectivity index (χ0) is 23.4. The first-order valence-electron chi connectivity index (χ1n) is 11.0. The van der Waals surface area contributed by atoms with Gasteiger partial charge in [-0.15, -0.1) is 0 Å². The minimum Gasteiger partial charge on any atom is -0.452 e. The molecule has 4 aromatic rings. The third-order valence-electron chi connectivity index (χ3n) is 5.60. The number of rotatable bonds is 6. The normalized spacial score (nSPS) is 10.8. The number of carbonyl (C=O) groups excluding carboxylic acids is 2. The quantitative estimate of drug-likeness (QED) is 0.382. The second-order valence-electron chi connectivity index (χ2n) is 8.03. The molecule has 0 aliphatic heterocycles. The minimum absolute atomic E-state index is 0.369. The van der Waals surface area contributed by atoms with Crippen LogP contribution in [0.5, 0.6) is 0 Å². The lowest BCUT2D eigenvalue weighted by Gasteiger charge is -2.12. The van der Waals surface area contributed by atoms with Crippen LogP contribution >= 0.6 is 0 Å². The average molecular weight is 439 g/mol. The van der Waals surface area contributed by atoms with Gasteiger partial charge in [-0.05, 0) is 49.6 Å². The predicted octanol–water partition coefficient (Wildman–Crippen LogP) is 5.88. The molecule has 0 spiro atoms. The summed E-state index contributed by atoms with van der Waals surface area (Å²) < 4.78 is 5.41. The molecule has 5 heteroatoms. The summed E-state index contributed by atoms with van der Waals surface area (Å²) in [6.45, 7) is 5.71. The molecule has 0 saturated heterocycles. The number of anilines is 1. The number of benzene rings is 3. The molecule has 3 aromatic carbocycles. The van der Waals surface area contributed by atoms with E-state index >= 15 is 0 Å². The van der Waals surface area contributed by atoms with Gasteiger partial charge in [0, 0.05) is 16.6 Å². The van der Waals surface area contributed by atoms with Crippen molar-refractivity contribution in [3.05, 3.63) is 95.1 Å². The van der Waals surface area contributed by atoms with Crippen molar-refractivity contribution in [3.8, 4) is 11.3 Å². The van der Waals surface area contributed by atoms with Gasteiger partial charge in [-0.1, -0.05) is 67.1 Å². The van der Waals surface area contributed by atoms with Crippen molar-refractivity contribution in [1.82, 2.24) is 4.98 Å². The Kier molecular flexibility index (Phi) is 6.50. The minimum atomic E-state index is -0.557. The van der Waals surface area contributed by atoms with Crippen molar-refractivity contribution in [2.24, 2.45) is 0 Å². The number of carbonyl (C=O) groups is 2. The summed E-state index contributed by atoms with van der Waals surface area (Å²) in [4.78, 5) is 30.2. The Morgan fingerprint density at radius 3 is 2.48 bits per heavy atom. The van der Waals surface area contributed by atoms with E-state index in [0.717, 1.165) is 34.4 Å². The van der Waals surface area contributed by atoms with E-state index in [-0.39, 0.29) is 12.5 Å². The largest absolute Gasteiger partial charge is 0.452 e. The van der Waals surface area contributed by atoms with E-state index in [1.165, 1.54) is 0 Å². The van der Waals surface area contributed by atoms with Crippen molar-refractivity contribution >= 4 is 28.5 Å². The summed E-state index contributed by atoms with van der Waals surface area (Å²) in [5, 5.41) is 3.51. The molecule has 5 nitrogen and oxygen atoms in total. The van der Waals surface area contributed by atoms with Gasteiger partial charge < -0.3 is 10.1 Å². The summed E-state index contributed by atoms with van der Waals surface area (Å²) >= 11 is 0. The van der Waals surface area contributed by atoms with Crippen LogP contribution in [0.2, 0.25) is 0 Å². The van der Waals surface area contributed by atoms with Crippen LogP contribution in [0.1, 0.15) is 34.0 Å². The Hall–Kier alpha value is -3.99. The molecule has 0 aliphatic rings. The molecule has 0 bridgehead atoms. The second-order valence-corrected chi connectivity index (χ2v) is 8.03. The molecule has 0 atom stereocenters. The van der Waals surface area contributed by atoms with Gasteiger partial charge in [-0.3, -0.25) is 4.79 Å². The fourth-order valence-corrected chi connectivity index (χ4v) is 3.93. The highest BCUT2D eigenvalue weighted by Crippen LogP contribution is 2.28. The number of esters is 1. The maximum Gasteiger partial charge on any atom is 0.339 e. The maximum absolute atomic E-state index is 13.0.